The molecule has 0 aliphatic heterocycles. The summed E-state index contributed by atoms with van der Waals surface area (Å²) in [7, 11) is 1.16. The lowest BCUT2D eigenvalue weighted by atomic mass is 10.0. The van der Waals surface area contributed by atoms with Crippen molar-refractivity contribution >= 4 is 46.2 Å². The van der Waals surface area contributed by atoms with E-state index in [0.717, 1.165) is 37.3 Å². The van der Waals surface area contributed by atoms with Gasteiger partial charge in [-0.05, 0) is 28.5 Å². The summed E-state index contributed by atoms with van der Waals surface area (Å²) in [6.07, 6.45) is -3.68. The van der Waals surface area contributed by atoms with Crippen molar-refractivity contribution in [2.45, 2.75) is 38.5 Å². The fourth-order valence-electron chi connectivity index (χ4n) is 3.78. The van der Waals surface area contributed by atoms with E-state index in [9.17, 15) is 24.0 Å². The minimum Gasteiger partial charge on any atom is -0.467 e. The van der Waals surface area contributed by atoms with Crippen LogP contribution >= 0.6 is 0 Å². The van der Waals surface area contributed by atoms with Crippen molar-refractivity contribution in [3.05, 3.63) is 78.4 Å². The molecule has 3 aromatic carbocycles. The SMILES string of the molecule is COC(=O)[C@@H](Cc1ccccc1)NC(=O)C(OC(C)=O)C(OC(C)=O)C(=O)Nc1ccc2ccccc2c1. The molecule has 10 heteroatoms. The zero-order valence-corrected chi connectivity index (χ0v) is 21.1. The van der Waals surface area contributed by atoms with Gasteiger partial charge in [0.25, 0.3) is 11.8 Å². The summed E-state index contributed by atoms with van der Waals surface area (Å²) >= 11 is 0. The highest BCUT2D eigenvalue weighted by Gasteiger charge is 2.41. The molecule has 10 nitrogen and oxygen atoms in total. The van der Waals surface area contributed by atoms with Gasteiger partial charge >= 0.3 is 17.9 Å². The van der Waals surface area contributed by atoms with Gasteiger partial charge in [-0.2, -0.15) is 0 Å². The topological polar surface area (TPSA) is 137 Å². The van der Waals surface area contributed by atoms with Crippen LogP contribution in [0.2, 0.25) is 0 Å². The minimum atomic E-state index is -1.89. The summed E-state index contributed by atoms with van der Waals surface area (Å²) in [5.74, 6) is -4.48. The van der Waals surface area contributed by atoms with Crippen LogP contribution in [0.5, 0.6) is 0 Å². The molecule has 3 atom stereocenters. The zero-order chi connectivity index (χ0) is 27.7. The number of anilines is 1. The number of esters is 3. The van der Waals surface area contributed by atoms with Gasteiger partial charge in [0.05, 0.1) is 7.11 Å². The van der Waals surface area contributed by atoms with E-state index in [0.29, 0.717) is 5.69 Å². The van der Waals surface area contributed by atoms with E-state index in [1.807, 2.05) is 24.3 Å². The Morgan fingerprint density at radius 1 is 0.737 bits per heavy atom. The molecule has 38 heavy (non-hydrogen) atoms. The van der Waals surface area contributed by atoms with Crippen LogP contribution < -0.4 is 10.6 Å². The molecule has 2 amide bonds. The van der Waals surface area contributed by atoms with Crippen molar-refractivity contribution in [1.29, 1.82) is 0 Å². The second-order valence-corrected chi connectivity index (χ2v) is 8.39. The highest BCUT2D eigenvalue weighted by Crippen LogP contribution is 2.20. The number of carbonyl (C=O) groups is 5. The Hall–Kier alpha value is -4.73. The number of carbonyl (C=O) groups excluding carboxylic acids is 5. The molecule has 0 aliphatic carbocycles. The highest BCUT2D eigenvalue weighted by molar-refractivity contribution is 6.02. The summed E-state index contributed by atoms with van der Waals surface area (Å²) in [5.41, 5.74) is 1.09. The van der Waals surface area contributed by atoms with E-state index in [2.05, 4.69) is 10.6 Å². The summed E-state index contributed by atoms with van der Waals surface area (Å²) in [6, 6.07) is 20.2. The van der Waals surface area contributed by atoms with Gasteiger partial charge in [-0.3, -0.25) is 19.2 Å². The average molecular weight is 521 g/mol. The third-order valence-electron chi connectivity index (χ3n) is 5.48. The molecule has 0 saturated heterocycles. The Labute approximate surface area is 219 Å². The predicted molar refractivity (Wildman–Crippen MR) is 138 cm³/mol. The Morgan fingerprint density at radius 2 is 1.32 bits per heavy atom. The van der Waals surface area contributed by atoms with Crippen molar-refractivity contribution in [1.82, 2.24) is 5.32 Å². The van der Waals surface area contributed by atoms with Gasteiger partial charge in [-0.25, -0.2) is 4.79 Å². The van der Waals surface area contributed by atoms with Crippen LogP contribution in [0.15, 0.2) is 72.8 Å². The Kier molecular flexibility index (Phi) is 9.53. The van der Waals surface area contributed by atoms with Crippen LogP contribution in [0.3, 0.4) is 0 Å². The van der Waals surface area contributed by atoms with E-state index in [-0.39, 0.29) is 6.42 Å². The van der Waals surface area contributed by atoms with E-state index >= 15 is 0 Å². The molecule has 2 unspecified atom stereocenters. The smallest absolute Gasteiger partial charge is 0.328 e. The molecule has 3 rings (SSSR count). The Balaban J connectivity index is 1.87. The third-order valence-corrected chi connectivity index (χ3v) is 5.48. The fraction of sp³-hybridized carbons (Fsp3) is 0.250. The van der Waals surface area contributed by atoms with Gasteiger partial charge in [0.2, 0.25) is 12.2 Å². The van der Waals surface area contributed by atoms with E-state index in [1.54, 1.807) is 48.5 Å². The maximum Gasteiger partial charge on any atom is 0.328 e. The molecular formula is C28H28N2O8. The van der Waals surface area contributed by atoms with Crippen molar-refractivity contribution in [3.8, 4) is 0 Å². The quantitative estimate of drug-likeness (QED) is 0.307. The maximum atomic E-state index is 13.3. The first-order valence-electron chi connectivity index (χ1n) is 11.7. The van der Waals surface area contributed by atoms with Gasteiger partial charge in [0, 0.05) is 26.0 Å². The number of hydrogen-bond acceptors (Lipinski definition) is 8. The number of amides is 2. The Bertz CT molecular complexity index is 1320. The van der Waals surface area contributed by atoms with Gasteiger partial charge < -0.3 is 24.8 Å². The number of nitrogens with one attached hydrogen (secondary N) is 2. The third kappa shape index (κ3) is 7.63. The van der Waals surface area contributed by atoms with Gasteiger partial charge in [-0.1, -0.05) is 60.7 Å². The molecule has 0 aliphatic rings. The van der Waals surface area contributed by atoms with E-state index < -0.39 is 48.0 Å². The van der Waals surface area contributed by atoms with Crippen LogP contribution in [0.1, 0.15) is 19.4 Å². The first-order chi connectivity index (χ1) is 18.2. The predicted octanol–water partition coefficient (Wildman–Crippen LogP) is 2.54. The first-order valence-corrected chi connectivity index (χ1v) is 11.7. The van der Waals surface area contributed by atoms with Crippen molar-refractivity contribution in [2.24, 2.45) is 0 Å². The maximum absolute atomic E-state index is 13.3. The number of fused-ring (bicyclic) bond motifs is 1. The molecule has 0 fully saturated rings. The lowest BCUT2D eigenvalue weighted by molar-refractivity contribution is -0.173. The lowest BCUT2D eigenvalue weighted by Gasteiger charge is -2.26. The normalized spacial score (nSPS) is 12.9. The second kappa shape index (κ2) is 13.0. The largest absolute Gasteiger partial charge is 0.467 e. The number of benzene rings is 3. The van der Waals surface area contributed by atoms with Crippen LogP contribution in [0.25, 0.3) is 10.8 Å². The summed E-state index contributed by atoms with van der Waals surface area (Å²) in [4.78, 5) is 62.7. The first kappa shape index (κ1) is 27.9. The molecule has 0 bridgehead atoms. The highest BCUT2D eigenvalue weighted by atomic mass is 16.6. The molecular weight excluding hydrogens is 492 g/mol. The fourth-order valence-corrected chi connectivity index (χ4v) is 3.78. The number of methoxy groups -OCH3 is 1. The van der Waals surface area contributed by atoms with Crippen molar-refractivity contribution < 1.29 is 38.2 Å². The molecule has 0 heterocycles. The van der Waals surface area contributed by atoms with Gasteiger partial charge in [0.1, 0.15) is 6.04 Å². The van der Waals surface area contributed by atoms with Crippen LogP contribution in [0.4, 0.5) is 5.69 Å². The van der Waals surface area contributed by atoms with Crippen LogP contribution in [0, 0.1) is 0 Å². The second-order valence-electron chi connectivity index (χ2n) is 8.39. The molecule has 3 aromatic rings. The number of hydrogen-bond donors (Lipinski definition) is 2. The molecule has 0 radical (unpaired) electrons. The minimum absolute atomic E-state index is 0.0631. The van der Waals surface area contributed by atoms with Gasteiger partial charge in [-0.15, -0.1) is 0 Å². The number of rotatable bonds is 10. The molecule has 0 spiro atoms. The molecule has 198 valence electrons. The van der Waals surface area contributed by atoms with E-state index in [1.165, 1.54) is 0 Å². The van der Waals surface area contributed by atoms with E-state index in [4.69, 9.17) is 14.2 Å². The summed E-state index contributed by atoms with van der Waals surface area (Å²) in [6.45, 7) is 2.08. The summed E-state index contributed by atoms with van der Waals surface area (Å²) in [5, 5.41) is 6.83. The average Bonchev–Trinajstić information content (AvgIpc) is 2.89. The Morgan fingerprint density at radius 3 is 1.92 bits per heavy atom. The molecule has 0 saturated carbocycles. The molecule has 2 N–H and O–H groups in total. The van der Waals surface area contributed by atoms with Gasteiger partial charge in [0.15, 0.2) is 0 Å². The molecule has 0 aromatic heterocycles. The monoisotopic (exact) mass is 520 g/mol. The van der Waals surface area contributed by atoms with Crippen LogP contribution in [-0.2, 0) is 44.6 Å². The van der Waals surface area contributed by atoms with Crippen molar-refractivity contribution in [3.63, 3.8) is 0 Å². The van der Waals surface area contributed by atoms with Crippen LogP contribution in [-0.4, -0.2) is 55.1 Å². The zero-order valence-electron chi connectivity index (χ0n) is 21.1. The van der Waals surface area contributed by atoms with Crippen molar-refractivity contribution in [2.75, 3.05) is 12.4 Å². The standard InChI is InChI=1S/C28H28N2O8/c1-17(31)37-24(26(33)29-22-14-13-20-11-7-8-12-21(20)16-22)25(38-18(2)32)27(34)30-23(28(35)36-3)15-19-9-5-4-6-10-19/h4-14,16,23-25H,15H2,1-3H3,(H,29,33)(H,30,34)/t23-,24?,25?/m1/s1. The summed E-state index contributed by atoms with van der Waals surface area (Å²) < 4.78 is 15.1. The number of ether oxygens (including phenoxy) is 3. The lowest BCUT2D eigenvalue weighted by Crippen LogP contribution is -2.55.